The molecule has 2 aromatic carbocycles. The molecular formula is C18H19NO4. The average Bonchev–Trinajstić information content (AvgIpc) is 2.70. The standard InChI is InChI=1S/C18H19NO4/c1-19-11-18(21)14-8-5-6-12(17(20)22-2)13(14)10-23-16-9-4-3-7-15(16)18/h3-9,19,21H,10-11H2,1-2H3. The molecule has 23 heavy (non-hydrogen) atoms. The van der Waals surface area contributed by atoms with Gasteiger partial charge in [-0.3, -0.25) is 0 Å². The van der Waals surface area contributed by atoms with E-state index in [4.69, 9.17) is 9.47 Å². The number of likely N-dealkylation sites (N-methyl/N-ethyl adjacent to an activating group) is 1. The molecule has 0 amide bonds. The van der Waals surface area contributed by atoms with Crippen molar-refractivity contribution < 1.29 is 19.4 Å². The van der Waals surface area contributed by atoms with Gasteiger partial charge in [0.1, 0.15) is 18.0 Å². The lowest BCUT2D eigenvalue weighted by Crippen LogP contribution is -2.38. The fourth-order valence-electron chi connectivity index (χ4n) is 3.11. The highest BCUT2D eigenvalue weighted by atomic mass is 16.5. The first-order chi connectivity index (χ1) is 11.1. The molecule has 1 heterocycles. The number of benzene rings is 2. The summed E-state index contributed by atoms with van der Waals surface area (Å²) in [6.07, 6.45) is 0. The molecule has 5 heteroatoms. The molecule has 3 rings (SSSR count). The number of nitrogens with one attached hydrogen (secondary N) is 1. The Bertz CT molecular complexity index is 744. The lowest BCUT2D eigenvalue weighted by Gasteiger charge is -2.30. The molecule has 2 N–H and O–H groups in total. The monoisotopic (exact) mass is 313 g/mol. The SMILES string of the molecule is CNCC1(O)c2ccccc2OCc2c(C(=O)OC)cccc21. The lowest BCUT2D eigenvalue weighted by molar-refractivity contribution is 0.0596. The van der Waals surface area contributed by atoms with Gasteiger partial charge in [-0.15, -0.1) is 0 Å². The maximum Gasteiger partial charge on any atom is 0.338 e. The van der Waals surface area contributed by atoms with Gasteiger partial charge >= 0.3 is 5.97 Å². The fraction of sp³-hybridized carbons (Fsp3) is 0.278. The predicted octanol–water partition coefficient (Wildman–Crippen LogP) is 1.82. The summed E-state index contributed by atoms with van der Waals surface area (Å²) in [5.74, 6) is 0.167. The second-order valence-corrected chi connectivity index (χ2v) is 5.50. The third-order valence-corrected chi connectivity index (χ3v) is 4.16. The van der Waals surface area contributed by atoms with Crippen molar-refractivity contribution in [1.82, 2.24) is 5.32 Å². The first-order valence-electron chi connectivity index (χ1n) is 7.41. The van der Waals surface area contributed by atoms with Gasteiger partial charge in [0.25, 0.3) is 0 Å². The number of methoxy groups -OCH3 is 1. The van der Waals surface area contributed by atoms with Crippen molar-refractivity contribution >= 4 is 5.97 Å². The lowest BCUT2D eigenvalue weighted by atomic mass is 9.82. The Balaban J connectivity index is 2.26. The van der Waals surface area contributed by atoms with Crippen molar-refractivity contribution in [2.24, 2.45) is 0 Å². The van der Waals surface area contributed by atoms with E-state index in [1.807, 2.05) is 30.3 Å². The average molecular weight is 313 g/mol. The van der Waals surface area contributed by atoms with Crippen LogP contribution in [0, 0.1) is 0 Å². The Kier molecular flexibility index (Phi) is 4.07. The summed E-state index contributed by atoms with van der Waals surface area (Å²) in [6, 6.07) is 12.6. The zero-order valence-corrected chi connectivity index (χ0v) is 13.1. The van der Waals surface area contributed by atoms with Gasteiger partial charge < -0.3 is 19.9 Å². The molecular weight excluding hydrogens is 294 g/mol. The second-order valence-electron chi connectivity index (χ2n) is 5.50. The minimum Gasteiger partial charge on any atom is -0.488 e. The Morgan fingerprint density at radius 3 is 2.74 bits per heavy atom. The first kappa shape index (κ1) is 15.5. The van der Waals surface area contributed by atoms with E-state index >= 15 is 0 Å². The number of carbonyl (C=O) groups is 1. The highest BCUT2D eigenvalue weighted by Crippen LogP contribution is 2.41. The Morgan fingerprint density at radius 1 is 1.26 bits per heavy atom. The van der Waals surface area contributed by atoms with Gasteiger partial charge in [-0.25, -0.2) is 4.79 Å². The second kappa shape index (κ2) is 6.02. The fourth-order valence-corrected chi connectivity index (χ4v) is 3.11. The van der Waals surface area contributed by atoms with Crippen LogP contribution in [-0.2, 0) is 16.9 Å². The van der Waals surface area contributed by atoms with E-state index in [2.05, 4.69) is 5.32 Å². The summed E-state index contributed by atoms with van der Waals surface area (Å²) in [5.41, 5.74) is 1.09. The molecule has 1 aliphatic heterocycles. The molecule has 0 fully saturated rings. The normalized spacial score (nSPS) is 19.1. The highest BCUT2D eigenvalue weighted by Gasteiger charge is 2.39. The van der Waals surface area contributed by atoms with Crippen LogP contribution >= 0.6 is 0 Å². The molecule has 0 aromatic heterocycles. The molecule has 0 bridgehead atoms. The van der Waals surface area contributed by atoms with Gasteiger partial charge in [0.2, 0.25) is 0 Å². The van der Waals surface area contributed by atoms with Crippen molar-refractivity contribution in [2.75, 3.05) is 20.7 Å². The Morgan fingerprint density at radius 2 is 2.00 bits per heavy atom. The summed E-state index contributed by atoms with van der Waals surface area (Å²) in [6.45, 7) is 0.495. The zero-order chi connectivity index (χ0) is 16.4. The van der Waals surface area contributed by atoms with E-state index in [1.54, 1.807) is 19.2 Å². The smallest absolute Gasteiger partial charge is 0.338 e. The molecule has 0 spiro atoms. The molecule has 5 nitrogen and oxygen atoms in total. The van der Waals surface area contributed by atoms with Crippen molar-refractivity contribution in [3.63, 3.8) is 0 Å². The predicted molar refractivity (Wildman–Crippen MR) is 85.5 cm³/mol. The van der Waals surface area contributed by atoms with Crippen LogP contribution in [0.3, 0.4) is 0 Å². The first-order valence-corrected chi connectivity index (χ1v) is 7.41. The Hall–Kier alpha value is -2.37. The van der Waals surface area contributed by atoms with Gasteiger partial charge in [0.05, 0.1) is 12.7 Å². The third kappa shape index (κ3) is 2.48. The van der Waals surface area contributed by atoms with Crippen LogP contribution in [0.4, 0.5) is 0 Å². The quantitative estimate of drug-likeness (QED) is 0.846. The molecule has 0 radical (unpaired) electrons. The maximum atomic E-state index is 12.1. The third-order valence-electron chi connectivity index (χ3n) is 4.16. The molecule has 0 aliphatic carbocycles. The molecule has 1 atom stereocenters. The van der Waals surface area contributed by atoms with E-state index in [9.17, 15) is 9.90 Å². The van der Waals surface area contributed by atoms with E-state index < -0.39 is 11.6 Å². The van der Waals surface area contributed by atoms with Crippen LogP contribution in [0.25, 0.3) is 0 Å². The number of esters is 1. The van der Waals surface area contributed by atoms with Gasteiger partial charge in [0.15, 0.2) is 0 Å². The van der Waals surface area contributed by atoms with E-state index in [1.165, 1.54) is 7.11 Å². The van der Waals surface area contributed by atoms with Gasteiger partial charge in [-0.2, -0.15) is 0 Å². The van der Waals surface area contributed by atoms with Crippen molar-refractivity contribution in [3.05, 3.63) is 64.7 Å². The largest absolute Gasteiger partial charge is 0.488 e. The summed E-state index contributed by atoms with van der Waals surface area (Å²) in [5, 5.41) is 14.5. The van der Waals surface area contributed by atoms with Crippen LogP contribution in [0.1, 0.15) is 27.0 Å². The van der Waals surface area contributed by atoms with E-state index in [0.717, 1.165) is 0 Å². The number of para-hydroxylation sites is 1. The summed E-state index contributed by atoms with van der Waals surface area (Å²) in [7, 11) is 3.12. The topological polar surface area (TPSA) is 67.8 Å². The van der Waals surface area contributed by atoms with Gasteiger partial charge in [0, 0.05) is 17.7 Å². The van der Waals surface area contributed by atoms with E-state index in [-0.39, 0.29) is 6.61 Å². The summed E-state index contributed by atoms with van der Waals surface area (Å²) < 4.78 is 10.7. The number of hydrogen-bond donors (Lipinski definition) is 2. The molecule has 2 aromatic rings. The van der Waals surface area contributed by atoms with Crippen LogP contribution in [0.2, 0.25) is 0 Å². The molecule has 0 saturated heterocycles. The number of rotatable bonds is 3. The van der Waals surface area contributed by atoms with Crippen LogP contribution < -0.4 is 10.1 Å². The van der Waals surface area contributed by atoms with Crippen molar-refractivity contribution in [2.45, 2.75) is 12.2 Å². The number of carbonyl (C=O) groups excluding carboxylic acids is 1. The molecule has 0 saturated carbocycles. The Labute approximate surface area is 134 Å². The number of hydrogen-bond acceptors (Lipinski definition) is 5. The van der Waals surface area contributed by atoms with Crippen molar-refractivity contribution in [1.29, 1.82) is 0 Å². The number of ether oxygens (including phenoxy) is 2. The summed E-state index contributed by atoms with van der Waals surface area (Å²) >= 11 is 0. The molecule has 1 unspecified atom stereocenters. The van der Waals surface area contributed by atoms with Crippen molar-refractivity contribution in [3.8, 4) is 5.75 Å². The number of aliphatic hydroxyl groups is 1. The molecule has 1 aliphatic rings. The van der Waals surface area contributed by atoms with Crippen LogP contribution in [0.15, 0.2) is 42.5 Å². The minimum absolute atomic E-state index is 0.198. The van der Waals surface area contributed by atoms with Crippen LogP contribution in [-0.4, -0.2) is 31.8 Å². The zero-order valence-electron chi connectivity index (χ0n) is 13.1. The van der Waals surface area contributed by atoms with Crippen LogP contribution in [0.5, 0.6) is 5.75 Å². The highest BCUT2D eigenvalue weighted by molar-refractivity contribution is 5.91. The molecule has 120 valence electrons. The maximum absolute atomic E-state index is 12.1. The van der Waals surface area contributed by atoms with Gasteiger partial charge in [-0.1, -0.05) is 30.3 Å². The van der Waals surface area contributed by atoms with E-state index in [0.29, 0.717) is 34.5 Å². The van der Waals surface area contributed by atoms with Gasteiger partial charge in [-0.05, 0) is 24.7 Å². The minimum atomic E-state index is -1.29. The summed E-state index contributed by atoms with van der Waals surface area (Å²) in [4.78, 5) is 12.1. The number of fused-ring (bicyclic) bond motifs is 2.